The van der Waals surface area contributed by atoms with E-state index in [2.05, 4.69) is 0 Å². The number of hydrogen-bond donors (Lipinski definition) is 1. The van der Waals surface area contributed by atoms with Crippen LogP contribution in [0.2, 0.25) is 0 Å². The first-order chi connectivity index (χ1) is 8.98. The average molecular weight is 271 g/mol. The summed E-state index contributed by atoms with van der Waals surface area (Å²) in [7, 11) is 0. The van der Waals surface area contributed by atoms with Crippen LogP contribution < -0.4 is 0 Å². The topological polar surface area (TPSA) is 68.2 Å². The molecule has 0 spiro atoms. The van der Waals surface area contributed by atoms with Crippen LogP contribution in [0.15, 0.2) is 0 Å². The van der Waals surface area contributed by atoms with Gasteiger partial charge in [0.25, 0.3) is 0 Å². The summed E-state index contributed by atoms with van der Waals surface area (Å²) in [5, 5.41) is 10.3. The molecule has 0 radical (unpaired) electrons. The second kappa shape index (κ2) is 4.70. The Morgan fingerprint density at radius 2 is 1.95 bits per heavy atom. The molecule has 6 nitrogen and oxygen atoms in total. The van der Waals surface area contributed by atoms with E-state index in [1.807, 2.05) is 13.8 Å². The second-order valence-electron chi connectivity index (χ2n) is 5.91. The van der Waals surface area contributed by atoms with E-state index in [1.165, 1.54) is 0 Å². The number of fused-ring (bicyclic) bond motifs is 1. The second-order valence-corrected chi connectivity index (χ2v) is 5.91. The molecule has 1 N–H and O–H groups in total. The summed E-state index contributed by atoms with van der Waals surface area (Å²) in [4.78, 5) is 14.2. The van der Waals surface area contributed by atoms with Crippen LogP contribution in [0.4, 0.5) is 0 Å². The van der Waals surface area contributed by atoms with Crippen LogP contribution >= 0.6 is 0 Å². The molecule has 3 fully saturated rings. The summed E-state index contributed by atoms with van der Waals surface area (Å²) in [6.45, 7) is 6.01. The zero-order valence-electron chi connectivity index (χ0n) is 11.4. The van der Waals surface area contributed by atoms with Gasteiger partial charge in [-0.25, -0.2) is 0 Å². The van der Waals surface area contributed by atoms with Crippen molar-refractivity contribution in [1.29, 1.82) is 0 Å². The van der Waals surface area contributed by atoms with Crippen molar-refractivity contribution in [2.45, 2.75) is 44.4 Å². The highest BCUT2D eigenvalue weighted by Crippen LogP contribution is 2.41. The molecule has 2 heterocycles. The third-order valence-electron chi connectivity index (χ3n) is 4.10. The number of ether oxygens (including phenoxy) is 3. The minimum atomic E-state index is -0.776. The molecule has 1 unspecified atom stereocenters. The van der Waals surface area contributed by atoms with Crippen LogP contribution in [0.3, 0.4) is 0 Å². The van der Waals surface area contributed by atoms with Gasteiger partial charge in [-0.3, -0.25) is 4.79 Å². The van der Waals surface area contributed by atoms with Gasteiger partial charge in [-0.15, -0.1) is 0 Å². The van der Waals surface area contributed by atoms with Gasteiger partial charge in [-0.2, -0.15) is 0 Å². The smallest absolute Gasteiger partial charge is 0.228 e. The number of carbonyl (C=O) groups excluding carboxylic acids is 1. The molecule has 0 aromatic rings. The van der Waals surface area contributed by atoms with E-state index in [4.69, 9.17) is 14.2 Å². The number of nitrogens with zero attached hydrogens (tertiary/aromatic N) is 1. The van der Waals surface area contributed by atoms with Gasteiger partial charge in [0, 0.05) is 13.1 Å². The minimum Gasteiger partial charge on any atom is -0.389 e. The Labute approximate surface area is 112 Å². The molecular formula is C13H21NO5. The number of amides is 1. The first-order valence-electron chi connectivity index (χ1n) is 6.88. The van der Waals surface area contributed by atoms with E-state index in [9.17, 15) is 9.90 Å². The van der Waals surface area contributed by atoms with Gasteiger partial charge < -0.3 is 24.2 Å². The Bertz CT molecular complexity index is 366. The van der Waals surface area contributed by atoms with E-state index in [0.717, 1.165) is 0 Å². The summed E-state index contributed by atoms with van der Waals surface area (Å²) < 4.78 is 16.7. The number of carbonyl (C=O) groups is 1. The van der Waals surface area contributed by atoms with E-state index < -0.39 is 17.8 Å². The Morgan fingerprint density at radius 1 is 1.26 bits per heavy atom. The van der Waals surface area contributed by atoms with E-state index >= 15 is 0 Å². The van der Waals surface area contributed by atoms with Crippen LogP contribution in [0.1, 0.15) is 20.3 Å². The molecule has 4 atom stereocenters. The number of rotatable bonds is 1. The highest BCUT2D eigenvalue weighted by atomic mass is 16.8. The van der Waals surface area contributed by atoms with Gasteiger partial charge in [0.2, 0.25) is 5.91 Å². The summed E-state index contributed by atoms with van der Waals surface area (Å²) in [5.41, 5.74) is 0. The number of aliphatic hydroxyl groups excluding tert-OH is 1. The summed E-state index contributed by atoms with van der Waals surface area (Å²) in [6, 6.07) is 0. The molecule has 3 rings (SSSR count). The first kappa shape index (κ1) is 13.3. The molecule has 0 bridgehead atoms. The molecule has 0 aromatic carbocycles. The zero-order chi connectivity index (χ0) is 13.6. The van der Waals surface area contributed by atoms with Gasteiger partial charge in [-0.1, -0.05) is 0 Å². The van der Waals surface area contributed by atoms with Crippen LogP contribution in [0.5, 0.6) is 0 Å². The molecule has 0 aromatic heterocycles. The fraction of sp³-hybridized carbons (Fsp3) is 0.923. The Kier molecular flexibility index (Phi) is 3.29. The fourth-order valence-corrected chi connectivity index (χ4v) is 3.22. The lowest BCUT2D eigenvalue weighted by molar-refractivity contribution is -0.173. The number of aliphatic hydroxyl groups is 1. The van der Waals surface area contributed by atoms with E-state index in [0.29, 0.717) is 32.7 Å². The van der Waals surface area contributed by atoms with Crippen molar-refractivity contribution in [2.75, 3.05) is 26.3 Å². The quantitative estimate of drug-likeness (QED) is 0.712. The Morgan fingerprint density at radius 3 is 2.58 bits per heavy atom. The normalized spacial score (nSPS) is 41.3. The molecule has 108 valence electrons. The van der Waals surface area contributed by atoms with Gasteiger partial charge in [0.15, 0.2) is 5.79 Å². The van der Waals surface area contributed by atoms with Crippen molar-refractivity contribution in [3.05, 3.63) is 0 Å². The molecule has 19 heavy (non-hydrogen) atoms. The van der Waals surface area contributed by atoms with Gasteiger partial charge in [0.1, 0.15) is 6.10 Å². The number of hydrogen-bond acceptors (Lipinski definition) is 5. The molecule has 1 amide bonds. The molecule has 2 saturated heterocycles. The Hall–Kier alpha value is -0.690. The van der Waals surface area contributed by atoms with Crippen molar-refractivity contribution in [3.63, 3.8) is 0 Å². The lowest BCUT2D eigenvalue weighted by Crippen LogP contribution is -2.46. The minimum absolute atomic E-state index is 0.00444. The average Bonchev–Trinajstić information content (AvgIpc) is 2.84. The van der Waals surface area contributed by atoms with Crippen molar-refractivity contribution >= 4 is 5.91 Å². The van der Waals surface area contributed by atoms with Crippen molar-refractivity contribution in [3.8, 4) is 0 Å². The highest BCUT2D eigenvalue weighted by Gasteiger charge is 2.55. The molecule has 1 saturated carbocycles. The zero-order valence-corrected chi connectivity index (χ0v) is 11.4. The van der Waals surface area contributed by atoms with Crippen LogP contribution in [0.25, 0.3) is 0 Å². The lowest BCUT2D eigenvalue weighted by atomic mass is 10.0. The molecule has 3 aliphatic rings. The number of morpholine rings is 1. The summed E-state index contributed by atoms with van der Waals surface area (Å²) in [6.07, 6.45) is -0.807. The Balaban J connectivity index is 1.66. The predicted octanol–water partition coefficient (Wildman–Crippen LogP) is -0.254. The van der Waals surface area contributed by atoms with Gasteiger partial charge in [-0.05, 0) is 20.3 Å². The monoisotopic (exact) mass is 271 g/mol. The molecular weight excluding hydrogens is 250 g/mol. The molecule has 6 heteroatoms. The van der Waals surface area contributed by atoms with Crippen LogP contribution in [0, 0.1) is 5.92 Å². The predicted molar refractivity (Wildman–Crippen MR) is 65.3 cm³/mol. The first-order valence-corrected chi connectivity index (χ1v) is 6.88. The van der Waals surface area contributed by atoms with E-state index in [-0.39, 0.29) is 18.1 Å². The highest BCUT2D eigenvalue weighted by molar-refractivity contribution is 5.80. The maximum absolute atomic E-state index is 12.4. The summed E-state index contributed by atoms with van der Waals surface area (Å²) >= 11 is 0. The maximum atomic E-state index is 12.4. The van der Waals surface area contributed by atoms with Crippen molar-refractivity contribution in [2.24, 2.45) is 5.92 Å². The van der Waals surface area contributed by atoms with Crippen molar-refractivity contribution in [1.82, 2.24) is 4.90 Å². The third-order valence-corrected chi connectivity index (χ3v) is 4.10. The van der Waals surface area contributed by atoms with E-state index in [1.54, 1.807) is 4.90 Å². The largest absolute Gasteiger partial charge is 0.389 e. The standard InChI is InChI=1S/C13H21NO5/c1-13(2)18-9-7-8(10(15)11(9)19-13)12(16)14-3-5-17-6-4-14/h8-11,15H,3-7H2,1-2H3/t8?,9-,10-,11-/m1/s1. The summed E-state index contributed by atoms with van der Waals surface area (Å²) in [5.74, 6) is -1.08. The lowest BCUT2D eigenvalue weighted by Gasteiger charge is -2.31. The fourth-order valence-electron chi connectivity index (χ4n) is 3.22. The van der Waals surface area contributed by atoms with Crippen LogP contribution in [-0.4, -0.2) is 66.3 Å². The van der Waals surface area contributed by atoms with Crippen molar-refractivity contribution < 1.29 is 24.1 Å². The van der Waals surface area contributed by atoms with Gasteiger partial charge in [0.05, 0.1) is 31.3 Å². The van der Waals surface area contributed by atoms with Gasteiger partial charge >= 0.3 is 0 Å². The maximum Gasteiger partial charge on any atom is 0.228 e. The third kappa shape index (κ3) is 2.38. The molecule has 2 aliphatic heterocycles. The SMILES string of the molecule is CC1(C)O[C@H]2[C@H](O)C(C(=O)N3CCOCC3)C[C@H]2O1. The van der Waals surface area contributed by atoms with Crippen LogP contribution in [-0.2, 0) is 19.0 Å². The molecule has 1 aliphatic carbocycles.